The summed E-state index contributed by atoms with van der Waals surface area (Å²) in [6.45, 7) is 1.54. The van der Waals surface area contributed by atoms with Crippen molar-refractivity contribution in [1.29, 1.82) is 0 Å². The first-order valence-electron chi connectivity index (χ1n) is 11.9. The maximum absolute atomic E-state index is 14.5. The quantitative estimate of drug-likeness (QED) is 0.375. The molecule has 1 aliphatic heterocycles. The molecule has 4 N–H and O–H groups in total. The SMILES string of the molecule is COc1cccc(F)c1-c1cncc(C(=O)Nc2cc(F)ccc2N2CCC(CCNS(N)(=O)=O)CC2)n1. The zero-order chi connectivity index (χ0) is 27.3. The largest absolute Gasteiger partial charge is 0.496 e. The van der Waals surface area contributed by atoms with Gasteiger partial charge in [-0.15, -0.1) is 0 Å². The van der Waals surface area contributed by atoms with Crippen molar-refractivity contribution in [3.63, 3.8) is 0 Å². The summed E-state index contributed by atoms with van der Waals surface area (Å²) in [7, 11) is -2.32. The lowest BCUT2D eigenvalue weighted by Crippen LogP contribution is -2.37. The Balaban J connectivity index is 1.48. The number of halogens is 2. The molecule has 38 heavy (non-hydrogen) atoms. The molecule has 13 heteroatoms. The molecule has 1 amide bonds. The van der Waals surface area contributed by atoms with E-state index in [1.165, 1.54) is 43.8 Å². The highest BCUT2D eigenvalue weighted by atomic mass is 32.2. The second-order valence-electron chi connectivity index (χ2n) is 8.88. The summed E-state index contributed by atoms with van der Waals surface area (Å²) in [6, 6.07) is 8.47. The fourth-order valence-corrected chi connectivity index (χ4v) is 4.86. The zero-order valence-electron chi connectivity index (χ0n) is 20.7. The topological polar surface area (TPSA) is 140 Å². The number of aromatic nitrogens is 2. The van der Waals surface area contributed by atoms with E-state index in [4.69, 9.17) is 9.88 Å². The molecule has 0 spiro atoms. The van der Waals surface area contributed by atoms with Crippen LogP contribution < -0.4 is 24.8 Å². The summed E-state index contributed by atoms with van der Waals surface area (Å²) in [5.74, 6) is -1.19. The van der Waals surface area contributed by atoms with E-state index in [1.807, 2.05) is 4.90 Å². The lowest BCUT2D eigenvalue weighted by molar-refractivity contribution is 0.102. The van der Waals surface area contributed by atoms with Gasteiger partial charge < -0.3 is 15.0 Å². The number of amides is 1. The molecule has 0 atom stereocenters. The van der Waals surface area contributed by atoms with Crippen LogP contribution in [0.25, 0.3) is 11.3 Å². The minimum atomic E-state index is -3.72. The average molecular weight is 547 g/mol. The third-order valence-electron chi connectivity index (χ3n) is 6.34. The Morgan fingerprint density at radius 2 is 1.95 bits per heavy atom. The highest BCUT2D eigenvalue weighted by Gasteiger charge is 2.23. The molecule has 4 rings (SSSR count). The molecule has 0 aliphatic carbocycles. The van der Waals surface area contributed by atoms with E-state index in [0.29, 0.717) is 31.1 Å². The van der Waals surface area contributed by atoms with Gasteiger partial charge in [0.15, 0.2) is 0 Å². The van der Waals surface area contributed by atoms with Crippen molar-refractivity contribution in [2.45, 2.75) is 19.3 Å². The van der Waals surface area contributed by atoms with Gasteiger partial charge in [0.05, 0.1) is 42.1 Å². The first-order chi connectivity index (χ1) is 18.1. The molecule has 202 valence electrons. The van der Waals surface area contributed by atoms with Crippen LogP contribution >= 0.6 is 0 Å². The number of hydrogen-bond acceptors (Lipinski definition) is 7. The third kappa shape index (κ3) is 6.79. The molecule has 0 saturated carbocycles. The van der Waals surface area contributed by atoms with E-state index in [-0.39, 0.29) is 34.9 Å². The molecule has 2 aromatic carbocycles. The predicted molar refractivity (Wildman–Crippen MR) is 139 cm³/mol. The van der Waals surface area contributed by atoms with E-state index in [1.54, 1.807) is 12.1 Å². The van der Waals surface area contributed by atoms with E-state index >= 15 is 0 Å². The van der Waals surface area contributed by atoms with Gasteiger partial charge in [-0.25, -0.2) is 23.6 Å². The number of benzene rings is 2. The van der Waals surface area contributed by atoms with Gasteiger partial charge in [-0.1, -0.05) is 6.07 Å². The number of nitrogens with zero attached hydrogens (tertiary/aromatic N) is 3. The fourth-order valence-electron chi connectivity index (χ4n) is 4.46. The van der Waals surface area contributed by atoms with Crippen LogP contribution in [0, 0.1) is 17.6 Å². The zero-order valence-corrected chi connectivity index (χ0v) is 21.5. The number of rotatable bonds is 9. The molecule has 1 fully saturated rings. The Kier molecular flexibility index (Phi) is 8.49. The van der Waals surface area contributed by atoms with Crippen LogP contribution in [0.3, 0.4) is 0 Å². The molecule has 10 nitrogen and oxygen atoms in total. The summed E-state index contributed by atoms with van der Waals surface area (Å²) >= 11 is 0. The Labute approximate surface area is 219 Å². The minimum Gasteiger partial charge on any atom is -0.496 e. The number of nitrogens with one attached hydrogen (secondary N) is 2. The van der Waals surface area contributed by atoms with Crippen molar-refractivity contribution in [2.75, 3.05) is 37.0 Å². The van der Waals surface area contributed by atoms with Crippen LogP contribution in [0.5, 0.6) is 5.75 Å². The predicted octanol–water partition coefficient (Wildman–Crippen LogP) is 3.08. The van der Waals surface area contributed by atoms with Crippen LogP contribution in [-0.2, 0) is 10.2 Å². The van der Waals surface area contributed by atoms with Crippen molar-refractivity contribution in [1.82, 2.24) is 14.7 Å². The third-order valence-corrected chi connectivity index (χ3v) is 6.94. The lowest BCUT2D eigenvalue weighted by Gasteiger charge is -2.34. The normalized spacial score (nSPS) is 14.4. The summed E-state index contributed by atoms with van der Waals surface area (Å²) in [5.41, 5.74) is 1.02. The number of piperidine rings is 1. The number of carbonyl (C=O) groups excluding carboxylic acids is 1. The van der Waals surface area contributed by atoms with Crippen molar-refractivity contribution in [3.05, 3.63) is 66.1 Å². The van der Waals surface area contributed by atoms with E-state index in [9.17, 15) is 22.0 Å². The van der Waals surface area contributed by atoms with Crippen molar-refractivity contribution in [2.24, 2.45) is 11.1 Å². The first-order valence-corrected chi connectivity index (χ1v) is 13.5. The highest BCUT2D eigenvalue weighted by molar-refractivity contribution is 7.87. The molecular formula is C25H28F2N6O4S. The lowest BCUT2D eigenvalue weighted by atomic mass is 9.93. The van der Waals surface area contributed by atoms with Gasteiger partial charge in [0.1, 0.15) is 23.1 Å². The number of ether oxygens (including phenoxy) is 1. The van der Waals surface area contributed by atoms with Gasteiger partial charge in [-0.3, -0.25) is 9.78 Å². The molecule has 1 aliphatic rings. The van der Waals surface area contributed by atoms with Crippen molar-refractivity contribution < 1.29 is 26.7 Å². The fraction of sp³-hybridized carbons (Fsp3) is 0.320. The molecule has 0 bridgehead atoms. The molecule has 2 heterocycles. The van der Waals surface area contributed by atoms with Crippen LogP contribution in [0.2, 0.25) is 0 Å². The Morgan fingerprint density at radius 1 is 1.18 bits per heavy atom. The molecule has 0 unspecified atom stereocenters. The van der Waals surface area contributed by atoms with Crippen LogP contribution in [0.4, 0.5) is 20.2 Å². The summed E-state index contributed by atoms with van der Waals surface area (Å²) < 4.78 is 58.3. The van der Waals surface area contributed by atoms with Crippen LogP contribution in [-0.4, -0.2) is 51.0 Å². The number of methoxy groups -OCH3 is 1. The smallest absolute Gasteiger partial charge is 0.275 e. The van der Waals surface area contributed by atoms with Crippen molar-refractivity contribution in [3.8, 4) is 17.0 Å². The average Bonchev–Trinajstić information content (AvgIpc) is 2.88. The Morgan fingerprint density at radius 3 is 2.66 bits per heavy atom. The number of carbonyl (C=O) groups is 1. The summed E-state index contributed by atoms with van der Waals surface area (Å²) in [5, 5.41) is 7.68. The van der Waals surface area contributed by atoms with E-state index in [2.05, 4.69) is 20.0 Å². The number of nitrogens with two attached hydrogens (primary N) is 1. The second kappa shape index (κ2) is 11.8. The van der Waals surface area contributed by atoms with Gasteiger partial charge in [-0.05, 0) is 55.5 Å². The highest BCUT2D eigenvalue weighted by Crippen LogP contribution is 2.33. The van der Waals surface area contributed by atoms with Crippen molar-refractivity contribution >= 4 is 27.5 Å². The summed E-state index contributed by atoms with van der Waals surface area (Å²) in [6.07, 6.45) is 4.79. The van der Waals surface area contributed by atoms with Gasteiger partial charge in [0.25, 0.3) is 16.1 Å². The second-order valence-corrected chi connectivity index (χ2v) is 10.3. The maximum Gasteiger partial charge on any atom is 0.275 e. The van der Waals surface area contributed by atoms with E-state index in [0.717, 1.165) is 12.8 Å². The molecular weight excluding hydrogens is 518 g/mol. The maximum atomic E-state index is 14.5. The van der Waals surface area contributed by atoms with Crippen LogP contribution in [0.1, 0.15) is 29.8 Å². The van der Waals surface area contributed by atoms with Gasteiger partial charge in [0.2, 0.25) is 0 Å². The van der Waals surface area contributed by atoms with Gasteiger partial charge in [0, 0.05) is 19.6 Å². The Hall–Kier alpha value is -3.68. The molecule has 1 saturated heterocycles. The first kappa shape index (κ1) is 27.4. The van der Waals surface area contributed by atoms with Crippen LogP contribution in [0.15, 0.2) is 48.8 Å². The van der Waals surface area contributed by atoms with Gasteiger partial charge in [-0.2, -0.15) is 8.42 Å². The molecule has 1 aromatic heterocycles. The van der Waals surface area contributed by atoms with E-state index < -0.39 is 27.8 Å². The number of anilines is 2. The van der Waals surface area contributed by atoms with Gasteiger partial charge >= 0.3 is 0 Å². The summed E-state index contributed by atoms with van der Waals surface area (Å²) in [4.78, 5) is 23.4. The molecule has 3 aromatic rings. The number of hydrogen-bond donors (Lipinski definition) is 3. The minimum absolute atomic E-state index is 0.0747. The standard InChI is InChI=1S/C25H28F2N6O4S/c1-37-23-4-2-3-18(27)24(23)20-14-29-15-21(31-20)25(34)32-19-13-17(26)5-6-22(19)33-11-8-16(9-12-33)7-10-30-38(28,35)36/h2-6,13-16,30H,7-12H2,1H3,(H,32,34)(H2,28,35,36). The Bertz CT molecular complexity index is 1410. The molecule has 0 radical (unpaired) electrons. The monoisotopic (exact) mass is 546 g/mol.